The molecule has 0 fully saturated rings. The van der Waals surface area contributed by atoms with Crippen LogP contribution >= 0.6 is 0 Å². The summed E-state index contributed by atoms with van der Waals surface area (Å²) in [4.78, 5) is 20.6. The van der Waals surface area contributed by atoms with E-state index in [0.717, 1.165) is 44.6 Å². The molecule has 6 nitrogen and oxygen atoms in total. The SMILES string of the molecule is CCOC(=O)c1ccc2[nH]c3c(c(=NCCCN)c4ccccc4n3C)c2c1. The summed E-state index contributed by atoms with van der Waals surface area (Å²) in [6.45, 7) is 3.42. The third kappa shape index (κ3) is 2.96. The molecule has 144 valence electrons. The van der Waals surface area contributed by atoms with Crippen LogP contribution in [0.2, 0.25) is 0 Å². The van der Waals surface area contributed by atoms with Gasteiger partial charge >= 0.3 is 5.97 Å². The number of fused-ring (bicyclic) bond motifs is 4. The van der Waals surface area contributed by atoms with Gasteiger partial charge in [0.25, 0.3) is 0 Å². The number of aromatic nitrogens is 2. The number of pyridine rings is 1. The molecule has 0 saturated carbocycles. The smallest absolute Gasteiger partial charge is 0.338 e. The summed E-state index contributed by atoms with van der Waals surface area (Å²) in [5, 5.41) is 3.99. The van der Waals surface area contributed by atoms with Gasteiger partial charge < -0.3 is 20.0 Å². The summed E-state index contributed by atoms with van der Waals surface area (Å²) < 4.78 is 7.31. The van der Waals surface area contributed by atoms with Gasteiger partial charge in [-0.2, -0.15) is 0 Å². The van der Waals surface area contributed by atoms with Crippen LogP contribution in [-0.2, 0) is 11.8 Å². The molecule has 3 N–H and O–H groups in total. The summed E-state index contributed by atoms with van der Waals surface area (Å²) in [5.41, 5.74) is 9.24. The van der Waals surface area contributed by atoms with Crippen LogP contribution in [0.1, 0.15) is 23.7 Å². The Morgan fingerprint density at radius 3 is 2.82 bits per heavy atom. The lowest BCUT2D eigenvalue weighted by Gasteiger charge is -2.09. The Hall–Kier alpha value is -3.12. The van der Waals surface area contributed by atoms with Gasteiger partial charge in [0, 0.05) is 29.9 Å². The Morgan fingerprint density at radius 1 is 1.21 bits per heavy atom. The number of para-hydroxylation sites is 1. The predicted molar refractivity (Wildman–Crippen MR) is 112 cm³/mol. The maximum atomic E-state index is 12.2. The highest BCUT2D eigenvalue weighted by Gasteiger charge is 2.15. The van der Waals surface area contributed by atoms with Gasteiger partial charge in [-0.3, -0.25) is 4.99 Å². The van der Waals surface area contributed by atoms with E-state index in [4.69, 9.17) is 15.5 Å². The molecular formula is C22H24N4O2. The topological polar surface area (TPSA) is 85.4 Å². The summed E-state index contributed by atoms with van der Waals surface area (Å²) in [5.74, 6) is -0.314. The molecule has 0 aliphatic rings. The lowest BCUT2D eigenvalue weighted by atomic mass is 10.1. The summed E-state index contributed by atoms with van der Waals surface area (Å²) >= 11 is 0. The van der Waals surface area contributed by atoms with Crippen LogP contribution < -0.4 is 11.1 Å². The number of H-pyrrole nitrogens is 1. The second-order valence-corrected chi connectivity index (χ2v) is 6.78. The van der Waals surface area contributed by atoms with E-state index in [1.165, 1.54) is 0 Å². The maximum Gasteiger partial charge on any atom is 0.338 e. The number of nitrogens with two attached hydrogens (primary N) is 1. The highest BCUT2D eigenvalue weighted by molar-refractivity contribution is 6.11. The Morgan fingerprint density at radius 2 is 2.04 bits per heavy atom. The highest BCUT2D eigenvalue weighted by atomic mass is 16.5. The Bertz CT molecular complexity index is 1250. The first-order chi connectivity index (χ1) is 13.7. The van der Waals surface area contributed by atoms with Crippen molar-refractivity contribution in [3.8, 4) is 0 Å². The minimum absolute atomic E-state index is 0.314. The van der Waals surface area contributed by atoms with Crippen LogP contribution in [0, 0.1) is 0 Å². The molecule has 0 aliphatic carbocycles. The van der Waals surface area contributed by atoms with Crippen molar-refractivity contribution in [1.29, 1.82) is 0 Å². The number of carbonyl (C=O) groups excluding carboxylic acids is 1. The van der Waals surface area contributed by atoms with E-state index in [1.54, 1.807) is 6.07 Å². The first kappa shape index (κ1) is 18.3. The summed E-state index contributed by atoms with van der Waals surface area (Å²) in [6.07, 6.45) is 0.827. The lowest BCUT2D eigenvalue weighted by Crippen LogP contribution is -2.12. The molecule has 0 aliphatic heterocycles. The van der Waals surface area contributed by atoms with Crippen molar-refractivity contribution in [1.82, 2.24) is 9.55 Å². The molecule has 0 atom stereocenters. The molecule has 0 radical (unpaired) electrons. The molecule has 0 unspecified atom stereocenters. The largest absolute Gasteiger partial charge is 0.462 e. The van der Waals surface area contributed by atoms with Crippen molar-refractivity contribution >= 4 is 38.8 Å². The molecule has 2 heterocycles. The molecule has 2 aromatic carbocycles. The van der Waals surface area contributed by atoms with E-state index in [1.807, 2.05) is 38.2 Å². The number of ether oxygens (including phenoxy) is 1. The third-order valence-corrected chi connectivity index (χ3v) is 5.01. The number of esters is 1. The average Bonchev–Trinajstić information content (AvgIpc) is 3.10. The van der Waals surface area contributed by atoms with E-state index in [0.29, 0.717) is 25.3 Å². The molecule has 28 heavy (non-hydrogen) atoms. The quantitative estimate of drug-likeness (QED) is 0.414. The number of rotatable bonds is 5. The van der Waals surface area contributed by atoms with Gasteiger partial charge in [0.1, 0.15) is 5.65 Å². The van der Waals surface area contributed by atoms with Crippen molar-refractivity contribution in [3.63, 3.8) is 0 Å². The van der Waals surface area contributed by atoms with E-state index in [-0.39, 0.29) is 5.97 Å². The van der Waals surface area contributed by atoms with Gasteiger partial charge in [-0.25, -0.2) is 4.79 Å². The van der Waals surface area contributed by atoms with Gasteiger partial charge in [-0.15, -0.1) is 0 Å². The molecule has 0 amide bonds. The standard InChI is InChI=1S/C22H24N4O2/c1-3-28-22(27)14-9-10-17-16(13-14)19-20(24-12-6-11-23)15-7-4-5-8-18(15)26(2)21(19)25-17/h4-5,7-10,13,25H,3,6,11-12,23H2,1-2H3. The summed E-state index contributed by atoms with van der Waals surface area (Å²) in [7, 11) is 2.04. The first-order valence-corrected chi connectivity index (χ1v) is 9.56. The van der Waals surface area contributed by atoms with E-state index < -0.39 is 0 Å². The predicted octanol–water partition coefficient (Wildman–Crippen LogP) is 3.24. The van der Waals surface area contributed by atoms with Crippen molar-refractivity contribution in [3.05, 3.63) is 53.4 Å². The summed E-state index contributed by atoms with van der Waals surface area (Å²) in [6, 6.07) is 13.8. The zero-order chi connectivity index (χ0) is 19.7. The number of aryl methyl sites for hydroxylation is 1. The average molecular weight is 376 g/mol. The third-order valence-electron chi connectivity index (χ3n) is 5.01. The molecule has 0 saturated heterocycles. The number of aromatic amines is 1. The Labute approximate surface area is 162 Å². The van der Waals surface area contributed by atoms with Crippen molar-refractivity contribution < 1.29 is 9.53 Å². The zero-order valence-corrected chi connectivity index (χ0v) is 16.2. The van der Waals surface area contributed by atoms with Crippen molar-refractivity contribution in [2.45, 2.75) is 13.3 Å². The molecular weight excluding hydrogens is 352 g/mol. The Kier molecular flexibility index (Phi) is 4.88. The van der Waals surface area contributed by atoms with Crippen LogP contribution in [0.15, 0.2) is 47.5 Å². The van der Waals surface area contributed by atoms with Gasteiger partial charge in [0.15, 0.2) is 0 Å². The molecule has 0 spiro atoms. The highest BCUT2D eigenvalue weighted by Crippen LogP contribution is 2.27. The molecule has 4 rings (SSSR count). The minimum Gasteiger partial charge on any atom is -0.462 e. The second-order valence-electron chi connectivity index (χ2n) is 6.78. The maximum absolute atomic E-state index is 12.2. The number of nitrogens with zero attached hydrogens (tertiary/aromatic N) is 2. The lowest BCUT2D eigenvalue weighted by molar-refractivity contribution is 0.0526. The van der Waals surface area contributed by atoms with Crippen LogP contribution in [-0.4, -0.2) is 35.2 Å². The number of hydrogen-bond acceptors (Lipinski definition) is 4. The Balaban J connectivity index is 2.11. The van der Waals surface area contributed by atoms with Gasteiger partial charge in [0.05, 0.1) is 28.4 Å². The molecule has 6 heteroatoms. The van der Waals surface area contributed by atoms with Crippen molar-refractivity contribution in [2.75, 3.05) is 19.7 Å². The van der Waals surface area contributed by atoms with E-state index in [2.05, 4.69) is 21.7 Å². The first-order valence-electron chi connectivity index (χ1n) is 9.56. The van der Waals surface area contributed by atoms with Gasteiger partial charge in [0.2, 0.25) is 0 Å². The fourth-order valence-electron chi connectivity index (χ4n) is 3.68. The number of carbonyl (C=O) groups is 1. The number of hydrogen-bond donors (Lipinski definition) is 2. The minimum atomic E-state index is -0.314. The van der Waals surface area contributed by atoms with Crippen molar-refractivity contribution in [2.24, 2.45) is 17.8 Å². The van der Waals surface area contributed by atoms with Gasteiger partial charge in [-0.1, -0.05) is 18.2 Å². The van der Waals surface area contributed by atoms with Crippen LogP contribution in [0.25, 0.3) is 32.8 Å². The van der Waals surface area contributed by atoms with Crippen LogP contribution in [0.5, 0.6) is 0 Å². The fourth-order valence-corrected chi connectivity index (χ4v) is 3.68. The fraction of sp³-hybridized carbons (Fsp3) is 0.273. The van der Waals surface area contributed by atoms with E-state index in [9.17, 15) is 4.79 Å². The molecule has 0 bridgehead atoms. The normalized spacial score (nSPS) is 12.3. The molecule has 2 aromatic heterocycles. The van der Waals surface area contributed by atoms with E-state index >= 15 is 0 Å². The zero-order valence-electron chi connectivity index (χ0n) is 16.2. The van der Waals surface area contributed by atoms with Crippen LogP contribution in [0.3, 0.4) is 0 Å². The number of benzene rings is 2. The monoisotopic (exact) mass is 376 g/mol. The number of nitrogens with one attached hydrogen (secondary N) is 1. The van der Waals surface area contributed by atoms with Gasteiger partial charge in [-0.05, 0) is 44.2 Å². The second kappa shape index (κ2) is 7.48. The van der Waals surface area contributed by atoms with Crippen LogP contribution in [0.4, 0.5) is 0 Å². The molecule has 4 aromatic rings.